The first-order chi connectivity index (χ1) is 9.04. The molecule has 0 fully saturated rings. The molecule has 0 saturated heterocycles. The number of aryl methyl sites for hydroxylation is 1. The molecule has 0 saturated carbocycles. The van der Waals surface area contributed by atoms with E-state index < -0.39 is 10.0 Å². The summed E-state index contributed by atoms with van der Waals surface area (Å²) in [6.45, 7) is 1.73. The van der Waals surface area contributed by atoms with Gasteiger partial charge in [0, 0.05) is 11.1 Å². The molecule has 0 spiro atoms. The summed E-state index contributed by atoms with van der Waals surface area (Å²) in [5, 5.41) is 10.8. The van der Waals surface area contributed by atoms with Gasteiger partial charge >= 0.3 is 0 Å². The third-order valence-electron chi connectivity index (χ3n) is 2.69. The zero-order chi connectivity index (χ0) is 13.9. The molecule has 2 heterocycles. The fourth-order valence-corrected chi connectivity index (χ4v) is 3.91. The molecular weight excluding hydrogens is 284 g/mol. The Morgan fingerprint density at radius 1 is 1.42 bits per heavy atom. The van der Waals surface area contributed by atoms with E-state index in [2.05, 4.69) is 9.71 Å². The molecular formula is C12H14N2O3S2. The number of thiophene rings is 1. The second-order valence-corrected chi connectivity index (χ2v) is 6.69. The molecule has 2 rings (SSSR count). The second-order valence-electron chi connectivity index (χ2n) is 3.96. The fraction of sp³-hybridized carbons (Fsp3) is 0.250. The zero-order valence-corrected chi connectivity index (χ0v) is 12.0. The lowest BCUT2D eigenvalue weighted by molar-refractivity contribution is 0.282. The number of nitrogens with zero attached hydrogens (tertiary/aromatic N) is 1. The predicted molar refractivity (Wildman–Crippen MR) is 73.2 cm³/mol. The summed E-state index contributed by atoms with van der Waals surface area (Å²) in [5.74, 6) is 0. The van der Waals surface area contributed by atoms with E-state index in [0.29, 0.717) is 10.6 Å². The van der Waals surface area contributed by atoms with Crippen LogP contribution in [0.5, 0.6) is 0 Å². The number of hydrogen-bond acceptors (Lipinski definition) is 5. The Labute approximate surface area is 116 Å². The quantitative estimate of drug-likeness (QED) is 0.875. The molecule has 7 heteroatoms. The van der Waals surface area contributed by atoms with E-state index in [4.69, 9.17) is 5.11 Å². The summed E-state index contributed by atoms with van der Waals surface area (Å²) < 4.78 is 26.7. The molecule has 2 aromatic rings. The van der Waals surface area contributed by atoms with Gasteiger partial charge in [-0.25, -0.2) is 13.1 Å². The van der Waals surface area contributed by atoms with Crippen LogP contribution in [0.1, 0.15) is 16.1 Å². The van der Waals surface area contributed by atoms with Crippen LogP contribution in [0.25, 0.3) is 0 Å². The average Bonchev–Trinajstić information content (AvgIpc) is 2.87. The maximum absolute atomic E-state index is 12.1. The van der Waals surface area contributed by atoms with Gasteiger partial charge < -0.3 is 5.11 Å². The Balaban J connectivity index is 2.17. The normalized spacial score (nSPS) is 11.7. The lowest BCUT2D eigenvalue weighted by Crippen LogP contribution is -2.24. The average molecular weight is 298 g/mol. The molecule has 0 unspecified atom stereocenters. The van der Waals surface area contributed by atoms with Crippen molar-refractivity contribution in [3.8, 4) is 0 Å². The standard InChI is InChI=1S/C12H14N2O3S2/c1-9-3-2-5-13-10(9)7-14-19(16,17)12-4-6-18-11(12)8-15/h2-6,14-15H,7-8H2,1H3. The van der Waals surface area contributed by atoms with E-state index in [-0.39, 0.29) is 18.0 Å². The number of aliphatic hydroxyl groups is 1. The molecule has 0 bridgehead atoms. The lowest BCUT2D eigenvalue weighted by Gasteiger charge is -2.08. The number of sulfonamides is 1. The van der Waals surface area contributed by atoms with Crippen molar-refractivity contribution in [2.24, 2.45) is 0 Å². The van der Waals surface area contributed by atoms with Crippen LogP contribution < -0.4 is 4.72 Å². The summed E-state index contributed by atoms with van der Waals surface area (Å²) in [7, 11) is -3.61. The molecule has 2 aromatic heterocycles. The van der Waals surface area contributed by atoms with Gasteiger partial charge in [-0.05, 0) is 30.0 Å². The first kappa shape index (κ1) is 14.1. The van der Waals surface area contributed by atoms with Crippen LogP contribution in [-0.2, 0) is 23.2 Å². The number of aliphatic hydroxyl groups excluding tert-OH is 1. The summed E-state index contributed by atoms with van der Waals surface area (Å²) >= 11 is 1.22. The molecule has 19 heavy (non-hydrogen) atoms. The van der Waals surface area contributed by atoms with Crippen LogP contribution in [0.3, 0.4) is 0 Å². The molecule has 102 valence electrons. The first-order valence-corrected chi connectivity index (χ1v) is 7.98. The van der Waals surface area contributed by atoms with Crippen molar-refractivity contribution >= 4 is 21.4 Å². The van der Waals surface area contributed by atoms with Crippen LogP contribution in [0.15, 0.2) is 34.7 Å². The number of pyridine rings is 1. The Hall–Kier alpha value is -1.28. The largest absolute Gasteiger partial charge is 0.391 e. The van der Waals surface area contributed by atoms with Gasteiger partial charge in [0.05, 0.1) is 23.7 Å². The van der Waals surface area contributed by atoms with Gasteiger partial charge in [0.15, 0.2) is 0 Å². The maximum Gasteiger partial charge on any atom is 0.242 e. The van der Waals surface area contributed by atoms with Gasteiger partial charge in [-0.3, -0.25) is 4.98 Å². The monoisotopic (exact) mass is 298 g/mol. The minimum atomic E-state index is -3.61. The molecule has 0 amide bonds. The van der Waals surface area contributed by atoms with E-state index in [9.17, 15) is 8.42 Å². The Morgan fingerprint density at radius 2 is 2.21 bits per heavy atom. The van der Waals surface area contributed by atoms with Crippen molar-refractivity contribution in [3.05, 3.63) is 45.9 Å². The van der Waals surface area contributed by atoms with Gasteiger partial charge in [-0.2, -0.15) is 0 Å². The highest BCUT2D eigenvalue weighted by Crippen LogP contribution is 2.21. The topological polar surface area (TPSA) is 79.3 Å². The SMILES string of the molecule is Cc1cccnc1CNS(=O)(=O)c1ccsc1CO. The number of rotatable bonds is 5. The summed E-state index contributed by atoms with van der Waals surface area (Å²) in [6, 6.07) is 5.17. The minimum Gasteiger partial charge on any atom is -0.391 e. The van der Waals surface area contributed by atoms with Crippen molar-refractivity contribution in [2.45, 2.75) is 25.0 Å². The van der Waals surface area contributed by atoms with Gasteiger partial charge in [0.1, 0.15) is 0 Å². The second kappa shape index (κ2) is 5.79. The third-order valence-corrected chi connectivity index (χ3v) is 5.21. The molecule has 0 aliphatic rings. The molecule has 2 N–H and O–H groups in total. The van der Waals surface area contributed by atoms with Crippen LogP contribution in [-0.4, -0.2) is 18.5 Å². The van der Waals surface area contributed by atoms with Crippen molar-refractivity contribution in [2.75, 3.05) is 0 Å². The Morgan fingerprint density at radius 3 is 2.89 bits per heavy atom. The van der Waals surface area contributed by atoms with Crippen molar-refractivity contribution in [1.82, 2.24) is 9.71 Å². The Bertz CT molecular complexity index is 665. The molecule has 0 atom stereocenters. The molecule has 0 aliphatic heterocycles. The smallest absolute Gasteiger partial charge is 0.242 e. The van der Waals surface area contributed by atoms with E-state index in [1.54, 1.807) is 17.6 Å². The summed E-state index contributed by atoms with van der Waals surface area (Å²) in [6.07, 6.45) is 1.63. The Kier molecular flexibility index (Phi) is 4.31. The van der Waals surface area contributed by atoms with E-state index >= 15 is 0 Å². The molecule has 5 nitrogen and oxygen atoms in total. The number of nitrogens with one attached hydrogen (secondary N) is 1. The molecule has 0 aliphatic carbocycles. The zero-order valence-electron chi connectivity index (χ0n) is 10.3. The van der Waals surface area contributed by atoms with Crippen LogP contribution in [0.4, 0.5) is 0 Å². The van der Waals surface area contributed by atoms with Crippen LogP contribution in [0, 0.1) is 6.92 Å². The number of aromatic nitrogens is 1. The van der Waals surface area contributed by atoms with E-state index in [1.165, 1.54) is 17.4 Å². The first-order valence-electron chi connectivity index (χ1n) is 5.62. The minimum absolute atomic E-state index is 0.133. The maximum atomic E-state index is 12.1. The van der Waals surface area contributed by atoms with Crippen molar-refractivity contribution < 1.29 is 13.5 Å². The highest BCUT2D eigenvalue weighted by Gasteiger charge is 2.19. The molecule has 0 aromatic carbocycles. The lowest BCUT2D eigenvalue weighted by atomic mass is 10.2. The van der Waals surface area contributed by atoms with Gasteiger partial charge in [-0.1, -0.05) is 6.07 Å². The molecule has 0 radical (unpaired) electrons. The van der Waals surface area contributed by atoms with E-state index in [0.717, 1.165) is 5.56 Å². The van der Waals surface area contributed by atoms with Crippen molar-refractivity contribution in [3.63, 3.8) is 0 Å². The third kappa shape index (κ3) is 3.19. The predicted octanol–water partition coefficient (Wildman–Crippen LogP) is 1.42. The van der Waals surface area contributed by atoms with Crippen molar-refractivity contribution in [1.29, 1.82) is 0 Å². The van der Waals surface area contributed by atoms with Crippen LogP contribution >= 0.6 is 11.3 Å². The summed E-state index contributed by atoms with van der Waals surface area (Å²) in [4.78, 5) is 4.70. The summed E-state index contributed by atoms with van der Waals surface area (Å²) in [5.41, 5.74) is 1.62. The highest BCUT2D eigenvalue weighted by molar-refractivity contribution is 7.89. The fourth-order valence-electron chi connectivity index (χ4n) is 1.63. The van der Waals surface area contributed by atoms with E-state index in [1.807, 2.05) is 13.0 Å². The number of hydrogen-bond donors (Lipinski definition) is 2. The van der Waals surface area contributed by atoms with Gasteiger partial charge in [-0.15, -0.1) is 11.3 Å². The van der Waals surface area contributed by atoms with Gasteiger partial charge in [0.25, 0.3) is 0 Å². The highest BCUT2D eigenvalue weighted by atomic mass is 32.2. The van der Waals surface area contributed by atoms with Crippen LogP contribution in [0.2, 0.25) is 0 Å². The van der Waals surface area contributed by atoms with Gasteiger partial charge in [0.2, 0.25) is 10.0 Å².